The van der Waals surface area contributed by atoms with Gasteiger partial charge in [-0.1, -0.05) is 12.1 Å². The van der Waals surface area contributed by atoms with E-state index in [1.165, 1.54) is 23.4 Å². The summed E-state index contributed by atoms with van der Waals surface area (Å²) in [5.74, 6) is -0.0730. The lowest BCUT2D eigenvalue weighted by atomic mass is 10.2. The van der Waals surface area contributed by atoms with Crippen molar-refractivity contribution in [3.63, 3.8) is 0 Å². The third-order valence-electron chi connectivity index (χ3n) is 4.09. The van der Waals surface area contributed by atoms with Crippen molar-refractivity contribution in [2.75, 3.05) is 39.3 Å². The Morgan fingerprint density at radius 3 is 2.21 bits per heavy atom. The highest BCUT2D eigenvalue weighted by Gasteiger charge is 2.28. The lowest BCUT2D eigenvalue weighted by Crippen LogP contribution is -2.49. The van der Waals surface area contributed by atoms with E-state index >= 15 is 0 Å². The standard InChI is InChI=1S/C17H26N2O4S/c1-14(2)23-13-12-18-8-10-19(11-9-18)24(21,22)17-6-4-16(5-7-17)15(3)20/h4-7,14H,8-13H2,1-3H3. The number of nitrogens with zero attached hydrogens (tertiary/aromatic N) is 2. The van der Waals surface area contributed by atoms with Gasteiger partial charge >= 0.3 is 0 Å². The molecule has 0 bridgehead atoms. The predicted octanol–water partition coefficient (Wildman–Crippen LogP) is 1.62. The van der Waals surface area contributed by atoms with Gasteiger partial charge in [0.25, 0.3) is 0 Å². The van der Waals surface area contributed by atoms with E-state index in [0.29, 0.717) is 38.3 Å². The van der Waals surface area contributed by atoms with Gasteiger partial charge < -0.3 is 4.74 Å². The first-order valence-electron chi connectivity index (χ1n) is 8.26. The number of benzene rings is 1. The van der Waals surface area contributed by atoms with Crippen LogP contribution < -0.4 is 0 Å². The third-order valence-corrected chi connectivity index (χ3v) is 6.00. The molecule has 6 nitrogen and oxygen atoms in total. The molecule has 0 radical (unpaired) electrons. The number of Topliss-reactive ketones (excluding diaryl/α,β-unsaturated/α-hetero) is 1. The largest absolute Gasteiger partial charge is 0.377 e. The number of ether oxygens (including phenoxy) is 1. The van der Waals surface area contributed by atoms with Crippen LogP contribution in [0.1, 0.15) is 31.1 Å². The number of hydrogen-bond acceptors (Lipinski definition) is 5. The number of carbonyl (C=O) groups is 1. The topological polar surface area (TPSA) is 66.9 Å². The van der Waals surface area contributed by atoms with E-state index in [1.807, 2.05) is 13.8 Å². The maximum atomic E-state index is 12.7. The highest BCUT2D eigenvalue weighted by atomic mass is 32.2. The van der Waals surface area contributed by atoms with Crippen molar-refractivity contribution in [1.82, 2.24) is 9.21 Å². The molecule has 1 aromatic carbocycles. The summed E-state index contributed by atoms with van der Waals surface area (Å²) in [4.78, 5) is 13.8. The Bertz CT molecular complexity index is 648. The van der Waals surface area contributed by atoms with Crippen molar-refractivity contribution >= 4 is 15.8 Å². The summed E-state index contributed by atoms with van der Waals surface area (Å²) < 4.78 is 32.4. The van der Waals surface area contributed by atoms with Crippen molar-refractivity contribution in [3.8, 4) is 0 Å². The number of carbonyl (C=O) groups excluding carboxylic acids is 1. The van der Waals surface area contributed by atoms with Crippen LogP contribution in [-0.4, -0.2) is 68.8 Å². The van der Waals surface area contributed by atoms with Crippen LogP contribution in [0.4, 0.5) is 0 Å². The highest BCUT2D eigenvalue weighted by Crippen LogP contribution is 2.18. The van der Waals surface area contributed by atoms with Gasteiger partial charge in [-0.15, -0.1) is 0 Å². The van der Waals surface area contributed by atoms with Crippen LogP contribution in [-0.2, 0) is 14.8 Å². The van der Waals surface area contributed by atoms with Crippen LogP contribution in [0.2, 0.25) is 0 Å². The molecule has 0 saturated carbocycles. The number of sulfonamides is 1. The zero-order valence-corrected chi connectivity index (χ0v) is 15.4. The van der Waals surface area contributed by atoms with Crippen molar-refractivity contribution < 1.29 is 17.9 Å². The summed E-state index contributed by atoms with van der Waals surface area (Å²) in [6, 6.07) is 6.15. The van der Waals surface area contributed by atoms with Gasteiger partial charge in [0.05, 0.1) is 17.6 Å². The summed E-state index contributed by atoms with van der Waals surface area (Å²) in [5.41, 5.74) is 0.518. The van der Waals surface area contributed by atoms with Gasteiger partial charge in [-0.3, -0.25) is 9.69 Å². The Morgan fingerprint density at radius 1 is 1.12 bits per heavy atom. The van der Waals surface area contributed by atoms with Crippen molar-refractivity contribution in [1.29, 1.82) is 0 Å². The van der Waals surface area contributed by atoms with Crippen LogP contribution in [0.15, 0.2) is 29.2 Å². The van der Waals surface area contributed by atoms with E-state index in [2.05, 4.69) is 4.90 Å². The molecule has 134 valence electrons. The normalized spacial score (nSPS) is 17.3. The molecular formula is C17H26N2O4S. The fraction of sp³-hybridized carbons (Fsp3) is 0.588. The molecule has 2 rings (SSSR count). The second kappa shape index (κ2) is 8.20. The number of piperazine rings is 1. The van der Waals surface area contributed by atoms with E-state index in [-0.39, 0.29) is 16.8 Å². The minimum atomic E-state index is -3.50. The molecule has 1 aliphatic rings. The summed E-state index contributed by atoms with van der Waals surface area (Å²) >= 11 is 0. The van der Waals surface area contributed by atoms with E-state index < -0.39 is 10.0 Å². The Balaban J connectivity index is 1.93. The molecule has 1 saturated heterocycles. The summed E-state index contributed by atoms with van der Waals surface area (Å²) in [5, 5.41) is 0. The molecule has 0 N–H and O–H groups in total. The zero-order chi connectivity index (χ0) is 17.7. The van der Waals surface area contributed by atoms with Crippen molar-refractivity contribution in [3.05, 3.63) is 29.8 Å². The molecule has 1 fully saturated rings. The SMILES string of the molecule is CC(=O)c1ccc(S(=O)(=O)N2CCN(CCOC(C)C)CC2)cc1. The predicted molar refractivity (Wildman–Crippen MR) is 92.7 cm³/mol. The highest BCUT2D eigenvalue weighted by molar-refractivity contribution is 7.89. The second-order valence-corrected chi connectivity index (χ2v) is 8.18. The quantitative estimate of drug-likeness (QED) is 0.696. The van der Waals surface area contributed by atoms with Crippen LogP contribution in [0.3, 0.4) is 0 Å². The Kier molecular flexibility index (Phi) is 6.51. The lowest BCUT2D eigenvalue weighted by molar-refractivity contribution is 0.0521. The maximum absolute atomic E-state index is 12.7. The average molecular weight is 354 g/mol. The average Bonchev–Trinajstić information content (AvgIpc) is 2.55. The summed E-state index contributed by atoms with van der Waals surface area (Å²) in [7, 11) is -3.50. The van der Waals surface area contributed by atoms with E-state index in [4.69, 9.17) is 4.74 Å². The van der Waals surface area contributed by atoms with Gasteiger partial charge in [0, 0.05) is 38.3 Å². The molecule has 1 aromatic rings. The Labute approximate surface area is 144 Å². The summed E-state index contributed by atoms with van der Waals surface area (Å²) in [6.07, 6.45) is 0.213. The smallest absolute Gasteiger partial charge is 0.243 e. The van der Waals surface area contributed by atoms with Gasteiger partial charge in [-0.05, 0) is 32.9 Å². The second-order valence-electron chi connectivity index (χ2n) is 6.25. The minimum absolute atomic E-state index is 0.0730. The molecule has 0 atom stereocenters. The molecule has 1 aliphatic heterocycles. The Morgan fingerprint density at radius 2 is 1.71 bits per heavy atom. The molecule has 1 heterocycles. The lowest BCUT2D eigenvalue weighted by Gasteiger charge is -2.34. The van der Waals surface area contributed by atoms with Gasteiger partial charge in [0.1, 0.15) is 0 Å². The van der Waals surface area contributed by atoms with Gasteiger partial charge in [-0.25, -0.2) is 8.42 Å². The molecule has 24 heavy (non-hydrogen) atoms. The van der Waals surface area contributed by atoms with Gasteiger partial charge in [-0.2, -0.15) is 4.31 Å². The summed E-state index contributed by atoms with van der Waals surface area (Å²) in [6.45, 7) is 9.29. The maximum Gasteiger partial charge on any atom is 0.243 e. The van der Waals surface area contributed by atoms with Crippen LogP contribution in [0.5, 0.6) is 0 Å². The molecule has 0 spiro atoms. The molecule has 0 aromatic heterocycles. The number of ketones is 1. The molecule has 7 heteroatoms. The zero-order valence-electron chi connectivity index (χ0n) is 14.6. The van der Waals surface area contributed by atoms with E-state index in [9.17, 15) is 13.2 Å². The van der Waals surface area contributed by atoms with E-state index in [1.54, 1.807) is 12.1 Å². The van der Waals surface area contributed by atoms with Gasteiger partial charge in [0.2, 0.25) is 10.0 Å². The number of rotatable bonds is 7. The van der Waals surface area contributed by atoms with Crippen molar-refractivity contribution in [2.24, 2.45) is 0 Å². The Hall–Kier alpha value is -1.28. The molecule has 0 unspecified atom stereocenters. The fourth-order valence-electron chi connectivity index (χ4n) is 2.62. The van der Waals surface area contributed by atoms with Crippen LogP contribution in [0.25, 0.3) is 0 Å². The molecule has 0 aliphatic carbocycles. The third kappa shape index (κ3) is 4.86. The first-order chi connectivity index (χ1) is 11.3. The molecule has 0 amide bonds. The number of hydrogen-bond donors (Lipinski definition) is 0. The first kappa shape index (κ1) is 19.1. The van der Waals surface area contributed by atoms with Crippen molar-refractivity contribution in [2.45, 2.75) is 31.8 Å². The fourth-order valence-corrected chi connectivity index (χ4v) is 4.04. The first-order valence-corrected chi connectivity index (χ1v) is 9.70. The van der Waals surface area contributed by atoms with Gasteiger partial charge in [0.15, 0.2) is 5.78 Å². The molecular weight excluding hydrogens is 328 g/mol. The van der Waals surface area contributed by atoms with E-state index in [0.717, 1.165) is 6.54 Å². The monoisotopic (exact) mass is 354 g/mol. The van der Waals surface area contributed by atoms with Crippen LogP contribution >= 0.6 is 0 Å². The van der Waals surface area contributed by atoms with Crippen LogP contribution in [0, 0.1) is 0 Å². The minimum Gasteiger partial charge on any atom is -0.377 e.